The molecule has 0 fully saturated rings. The Morgan fingerprint density at radius 2 is 1.66 bits per heavy atom. The molecule has 0 aliphatic heterocycles. The zero-order valence-corrected chi connectivity index (χ0v) is 20.0. The van der Waals surface area contributed by atoms with E-state index in [9.17, 15) is 14.0 Å². The molecule has 0 saturated carbocycles. The molecule has 35 heavy (non-hydrogen) atoms. The van der Waals surface area contributed by atoms with Crippen molar-refractivity contribution in [3.8, 4) is 10.6 Å². The summed E-state index contributed by atoms with van der Waals surface area (Å²) in [6.07, 6.45) is 0.288. The first kappa shape index (κ1) is 24.0. The summed E-state index contributed by atoms with van der Waals surface area (Å²) < 4.78 is 13.2. The first-order chi connectivity index (χ1) is 16.9. The van der Waals surface area contributed by atoms with E-state index in [1.54, 1.807) is 12.1 Å². The molecule has 0 radical (unpaired) electrons. The number of nitrogens with zero attached hydrogens (tertiary/aromatic N) is 2. The largest absolute Gasteiger partial charge is 0.326 e. The van der Waals surface area contributed by atoms with Crippen LogP contribution in [0.15, 0.2) is 72.8 Å². The highest BCUT2D eigenvalue weighted by molar-refractivity contribution is 7.18. The fraction of sp³-hybridized carbons (Fsp3) is 0.154. The third-order valence-corrected chi connectivity index (χ3v) is 6.39. The smallest absolute Gasteiger partial charge is 0.319 e. The maximum Gasteiger partial charge on any atom is 0.319 e. The van der Waals surface area contributed by atoms with E-state index in [4.69, 9.17) is 0 Å². The van der Waals surface area contributed by atoms with E-state index in [0.717, 1.165) is 28.0 Å². The molecular formula is C26H24FN5O2S. The number of halogens is 1. The van der Waals surface area contributed by atoms with Crippen molar-refractivity contribution in [2.24, 2.45) is 0 Å². The average molecular weight is 490 g/mol. The van der Waals surface area contributed by atoms with Gasteiger partial charge in [-0.3, -0.25) is 10.1 Å². The molecule has 3 amide bonds. The summed E-state index contributed by atoms with van der Waals surface area (Å²) in [4.78, 5) is 25.9. The Morgan fingerprint density at radius 3 is 2.40 bits per heavy atom. The van der Waals surface area contributed by atoms with Crippen molar-refractivity contribution in [2.45, 2.75) is 26.3 Å². The van der Waals surface area contributed by atoms with Crippen LogP contribution in [-0.4, -0.2) is 28.2 Å². The summed E-state index contributed by atoms with van der Waals surface area (Å²) in [6, 6.07) is 19.6. The maximum atomic E-state index is 13.2. The van der Waals surface area contributed by atoms with Gasteiger partial charge in [0.1, 0.15) is 16.9 Å². The number of benzene rings is 3. The second-order valence-corrected chi connectivity index (χ2v) is 8.97. The first-order valence-electron chi connectivity index (χ1n) is 11.0. The van der Waals surface area contributed by atoms with Crippen LogP contribution in [0, 0.1) is 19.7 Å². The highest BCUT2D eigenvalue weighted by Crippen LogP contribution is 2.26. The van der Waals surface area contributed by atoms with Crippen LogP contribution in [0.5, 0.6) is 0 Å². The molecule has 4 aromatic rings. The minimum absolute atomic E-state index is 0.282. The van der Waals surface area contributed by atoms with Gasteiger partial charge in [0.2, 0.25) is 11.0 Å². The first-order valence-corrected chi connectivity index (χ1v) is 11.8. The Hall–Kier alpha value is -4.11. The Kier molecular flexibility index (Phi) is 7.47. The summed E-state index contributed by atoms with van der Waals surface area (Å²) >= 11 is 1.16. The van der Waals surface area contributed by atoms with Gasteiger partial charge in [0.15, 0.2) is 0 Å². The van der Waals surface area contributed by atoms with E-state index < -0.39 is 18.0 Å². The topological polar surface area (TPSA) is 96.0 Å². The maximum absolute atomic E-state index is 13.2. The van der Waals surface area contributed by atoms with Gasteiger partial charge in [0.05, 0.1) is 0 Å². The van der Waals surface area contributed by atoms with Crippen molar-refractivity contribution in [1.82, 2.24) is 15.5 Å². The van der Waals surface area contributed by atoms with Gasteiger partial charge in [0, 0.05) is 17.7 Å². The van der Waals surface area contributed by atoms with Gasteiger partial charge < -0.3 is 10.6 Å². The van der Waals surface area contributed by atoms with Gasteiger partial charge in [-0.05, 0) is 60.9 Å². The van der Waals surface area contributed by atoms with E-state index >= 15 is 0 Å². The summed E-state index contributed by atoms with van der Waals surface area (Å²) in [7, 11) is 0. The lowest BCUT2D eigenvalue weighted by Gasteiger charge is -2.19. The van der Waals surface area contributed by atoms with Gasteiger partial charge in [-0.25, -0.2) is 9.18 Å². The Labute approximate surface area is 206 Å². The quantitative estimate of drug-likeness (QED) is 0.327. The Balaban J connectivity index is 1.48. The lowest BCUT2D eigenvalue weighted by molar-refractivity contribution is -0.117. The van der Waals surface area contributed by atoms with E-state index in [1.807, 2.05) is 62.4 Å². The van der Waals surface area contributed by atoms with Gasteiger partial charge in [-0.1, -0.05) is 53.8 Å². The van der Waals surface area contributed by atoms with E-state index in [2.05, 4.69) is 26.1 Å². The third kappa shape index (κ3) is 6.27. The standard InChI is InChI=1S/C26H24FN5O2S/c1-16-7-6-10-21(17(16)2)28-25(34)29-22(15-18-8-4-3-5-9-18)23(33)30-26-32-31-24(35-26)19-11-13-20(27)14-12-19/h3-14,22H,15H2,1-2H3,(H2,28,29,34)(H,30,32,33). The highest BCUT2D eigenvalue weighted by atomic mass is 32.1. The highest BCUT2D eigenvalue weighted by Gasteiger charge is 2.23. The number of aryl methyl sites for hydroxylation is 1. The lowest BCUT2D eigenvalue weighted by Crippen LogP contribution is -2.47. The molecule has 7 nitrogen and oxygen atoms in total. The van der Waals surface area contributed by atoms with Crippen LogP contribution in [0.25, 0.3) is 10.6 Å². The Morgan fingerprint density at radius 1 is 0.914 bits per heavy atom. The Bertz CT molecular complexity index is 1330. The van der Waals surface area contributed by atoms with E-state index in [-0.39, 0.29) is 17.4 Å². The molecule has 0 saturated heterocycles. The van der Waals surface area contributed by atoms with Crippen LogP contribution in [0.4, 0.5) is 20.0 Å². The molecule has 0 aliphatic carbocycles. The summed E-state index contributed by atoms with van der Waals surface area (Å²) in [5.74, 6) is -0.771. The zero-order valence-electron chi connectivity index (χ0n) is 19.2. The fourth-order valence-electron chi connectivity index (χ4n) is 3.44. The number of urea groups is 1. The van der Waals surface area contributed by atoms with E-state index in [0.29, 0.717) is 16.3 Å². The SMILES string of the molecule is Cc1cccc(NC(=O)NC(Cc2ccccc2)C(=O)Nc2nnc(-c3ccc(F)cc3)s2)c1C. The second kappa shape index (κ2) is 10.9. The molecule has 178 valence electrons. The van der Waals surface area contributed by atoms with Gasteiger partial charge >= 0.3 is 6.03 Å². The normalized spacial score (nSPS) is 11.5. The molecule has 1 atom stereocenters. The number of rotatable bonds is 7. The predicted molar refractivity (Wildman–Crippen MR) is 136 cm³/mol. The number of hydrogen-bond donors (Lipinski definition) is 3. The van der Waals surface area contributed by atoms with Crippen LogP contribution in [-0.2, 0) is 11.2 Å². The number of carbonyl (C=O) groups excluding carboxylic acids is 2. The average Bonchev–Trinajstić information content (AvgIpc) is 3.31. The third-order valence-electron chi connectivity index (χ3n) is 5.50. The predicted octanol–water partition coefficient (Wildman–Crippen LogP) is 5.33. The van der Waals surface area contributed by atoms with Crippen LogP contribution >= 0.6 is 11.3 Å². The van der Waals surface area contributed by atoms with Crippen molar-refractivity contribution >= 4 is 34.1 Å². The molecule has 9 heteroatoms. The minimum atomic E-state index is -0.860. The van der Waals surface area contributed by atoms with Crippen molar-refractivity contribution in [1.29, 1.82) is 0 Å². The van der Waals surface area contributed by atoms with Crippen molar-refractivity contribution in [3.05, 3.63) is 95.3 Å². The molecule has 0 bridgehead atoms. The van der Waals surface area contributed by atoms with Crippen LogP contribution in [0.2, 0.25) is 0 Å². The van der Waals surface area contributed by atoms with Crippen molar-refractivity contribution in [3.63, 3.8) is 0 Å². The molecule has 3 N–H and O–H groups in total. The molecule has 4 rings (SSSR count). The number of nitrogens with one attached hydrogen (secondary N) is 3. The van der Waals surface area contributed by atoms with Crippen LogP contribution in [0.3, 0.4) is 0 Å². The fourth-order valence-corrected chi connectivity index (χ4v) is 4.19. The van der Waals surface area contributed by atoms with Crippen LogP contribution in [0.1, 0.15) is 16.7 Å². The molecule has 1 heterocycles. The van der Waals surface area contributed by atoms with Crippen molar-refractivity contribution < 1.29 is 14.0 Å². The number of hydrogen-bond acceptors (Lipinski definition) is 5. The summed E-state index contributed by atoms with van der Waals surface area (Å²) in [5.41, 5.74) is 4.26. The molecule has 3 aromatic carbocycles. The van der Waals surface area contributed by atoms with Crippen LogP contribution < -0.4 is 16.0 Å². The van der Waals surface area contributed by atoms with Gasteiger partial charge in [0.25, 0.3) is 0 Å². The number of anilines is 2. The molecule has 0 aliphatic rings. The number of amides is 3. The summed E-state index contributed by atoms with van der Waals surface area (Å²) in [6.45, 7) is 3.89. The van der Waals surface area contributed by atoms with Gasteiger partial charge in [-0.15, -0.1) is 10.2 Å². The summed E-state index contributed by atoms with van der Waals surface area (Å²) in [5, 5.41) is 17.3. The van der Waals surface area contributed by atoms with Crippen molar-refractivity contribution in [2.75, 3.05) is 10.6 Å². The minimum Gasteiger partial charge on any atom is -0.326 e. The molecule has 0 spiro atoms. The molecular weight excluding hydrogens is 465 g/mol. The molecule has 1 unspecified atom stereocenters. The number of aromatic nitrogens is 2. The number of carbonyl (C=O) groups is 2. The van der Waals surface area contributed by atoms with Gasteiger partial charge in [-0.2, -0.15) is 0 Å². The molecule has 1 aromatic heterocycles. The van der Waals surface area contributed by atoms with E-state index in [1.165, 1.54) is 12.1 Å². The second-order valence-electron chi connectivity index (χ2n) is 8.00. The zero-order chi connectivity index (χ0) is 24.8. The lowest BCUT2D eigenvalue weighted by atomic mass is 10.1. The monoisotopic (exact) mass is 489 g/mol.